The van der Waals surface area contributed by atoms with E-state index in [1.54, 1.807) is 17.5 Å². The van der Waals surface area contributed by atoms with Gasteiger partial charge in [0.1, 0.15) is 0 Å². The molecule has 6 heteroatoms. The van der Waals surface area contributed by atoms with E-state index >= 15 is 0 Å². The predicted octanol–water partition coefficient (Wildman–Crippen LogP) is 3.00. The van der Waals surface area contributed by atoms with Crippen molar-refractivity contribution in [1.82, 2.24) is 10.6 Å². The molecular weight excluding hydrogens is 276 g/mol. The maximum atomic E-state index is 11.9. The number of urea groups is 1. The van der Waals surface area contributed by atoms with Crippen LogP contribution in [0.25, 0.3) is 0 Å². The fourth-order valence-corrected chi connectivity index (χ4v) is 2.97. The Kier molecular flexibility index (Phi) is 6.51. The van der Waals surface area contributed by atoms with E-state index in [1.165, 1.54) is 11.3 Å². The van der Waals surface area contributed by atoms with Crippen LogP contribution in [0.1, 0.15) is 44.5 Å². The molecule has 2 unspecified atom stereocenters. The third-order valence-electron chi connectivity index (χ3n) is 3.46. The molecule has 2 atom stereocenters. The monoisotopic (exact) mass is 298 g/mol. The number of rotatable bonds is 7. The van der Waals surface area contributed by atoms with Crippen molar-refractivity contribution in [1.29, 1.82) is 0 Å². The molecule has 112 valence electrons. The average molecular weight is 298 g/mol. The zero-order valence-electron chi connectivity index (χ0n) is 12.1. The van der Waals surface area contributed by atoms with Gasteiger partial charge < -0.3 is 15.7 Å². The topological polar surface area (TPSA) is 78.4 Å². The summed E-state index contributed by atoms with van der Waals surface area (Å²) in [6.07, 6.45) is 1.95. The van der Waals surface area contributed by atoms with Crippen molar-refractivity contribution in [2.24, 2.45) is 5.92 Å². The van der Waals surface area contributed by atoms with E-state index in [-0.39, 0.29) is 6.04 Å². The van der Waals surface area contributed by atoms with Gasteiger partial charge in [-0.3, -0.25) is 0 Å². The summed E-state index contributed by atoms with van der Waals surface area (Å²) in [5.41, 5.74) is 0. The first-order valence-corrected chi connectivity index (χ1v) is 7.70. The second-order valence-corrected chi connectivity index (χ2v) is 5.75. The molecule has 0 aliphatic rings. The summed E-state index contributed by atoms with van der Waals surface area (Å²) in [6.45, 7) is 6.10. The Hall–Kier alpha value is -1.56. The molecule has 0 aliphatic carbocycles. The quantitative estimate of drug-likeness (QED) is 0.724. The van der Waals surface area contributed by atoms with Crippen LogP contribution in [0, 0.1) is 5.92 Å². The molecule has 0 saturated carbocycles. The highest BCUT2D eigenvalue weighted by atomic mass is 32.1. The molecule has 0 bridgehead atoms. The molecule has 2 amide bonds. The fraction of sp³-hybridized carbons (Fsp3) is 0.571. The highest BCUT2D eigenvalue weighted by Gasteiger charge is 2.24. The van der Waals surface area contributed by atoms with Crippen LogP contribution in [-0.2, 0) is 4.79 Å². The van der Waals surface area contributed by atoms with Gasteiger partial charge in [0.25, 0.3) is 0 Å². The van der Waals surface area contributed by atoms with Gasteiger partial charge in [-0.05, 0) is 24.3 Å². The highest BCUT2D eigenvalue weighted by Crippen LogP contribution is 2.19. The standard InChI is InChI=1S/C14H22N2O3S/c1-4-10(5-2)9(3)15-14(19)16-12(13(17)18)11-7-6-8-20-11/h6-10,12H,4-5H2,1-3H3,(H,17,18)(H2,15,16,19). The number of carboxylic acid groups (broad SMARTS) is 1. The Morgan fingerprint density at radius 1 is 1.30 bits per heavy atom. The Balaban J connectivity index is 2.61. The minimum atomic E-state index is -1.06. The maximum absolute atomic E-state index is 11.9. The van der Waals surface area contributed by atoms with Crippen molar-refractivity contribution < 1.29 is 14.7 Å². The maximum Gasteiger partial charge on any atom is 0.331 e. The van der Waals surface area contributed by atoms with E-state index in [1.807, 2.05) is 6.92 Å². The molecule has 0 fully saturated rings. The molecule has 0 aromatic carbocycles. The Bertz CT molecular complexity index is 430. The van der Waals surface area contributed by atoms with Crippen LogP contribution in [0.4, 0.5) is 4.79 Å². The molecule has 1 heterocycles. The average Bonchev–Trinajstić information content (AvgIpc) is 2.90. The molecule has 0 saturated heterocycles. The van der Waals surface area contributed by atoms with Gasteiger partial charge in [0.15, 0.2) is 6.04 Å². The number of hydrogen-bond donors (Lipinski definition) is 3. The minimum Gasteiger partial charge on any atom is -0.479 e. The zero-order chi connectivity index (χ0) is 15.1. The molecular formula is C14H22N2O3S. The minimum absolute atomic E-state index is 0.0165. The van der Waals surface area contributed by atoms with Crippen molar-refractivity contribution in [3.05, 3.63) is 22.4 Å². The first-order chi connectivity index (χ1) is 9.49. The number of carboxylic acids is 1. The summed E-state index contributed by atoms with van der Waals surface area (Å²) in [4.78, 5) is 23.8. The van der Waals surface area contributed by atoms with Crippen molar-refractivity contribution in [2.45, 2.75) is 45.7 Å². The van der Waals surface area contributed by atoms with Crippen LogP contribution >= 0.6 is 11.3 Å². The molecule has 3 N–H and O–H groups in total. The molecule has 0 radical (unpaired) electrons. The SMILES string of the molecule is CCC(CC)C(C)NC(=O)NC(C(=O)O)c1cccs1. The van der Waals surface area contributed by atoms with Crippen molar-refractivity contribution in [3.63, 3.8) is 0 Å². The number of carbonyl (C=O) groups is 2. The summed E-state index contributed by atoms with van der Waals surface area (Å²) < 4.78 is 0. The van der Waals surface area contributed by atoms with E-state index in [0.29, 0.717) is 10.8 Å². The Morgan fingerprint density at radius 2 is 1.95 bits per heavy atom. The highest BCUT2D eigenvalue weighted by molar-refractivity contribution is 7.10. The van der Waals surface area contributed by atoms with Gasteiger partial charge in [0, 0.05) is 10.9 Å². The van der Waals surface area contributed by atoms with Crippen LogP contribution in [0.15, 0.2) is 17.5 Å². The molecule has 20 heavy (non-hydrogen) atoms. The van der Waals surface area contributed by atoms with E-state index < -0.39 is 18.0 Å². The first kappa shape index (κ1) is 16.5. The molecule has 0 aliphatic heterocycles. The van der Waals surface area contributed by atoms with Crippen molar-refractivity contribution in [2.75, 3.05) is 0 Å². The number of nitrogens with one attached hydrogen (secondary N) is 2. The second kappa shape index (κ2) is 7.89. The van der Waals surface area contributed by atoms with Crippen LogP contribution in [0.5, 0.6) is 0 Å². The van der Waals surface area contributed by atoms with Crippen LogP contribution < -0.4 is 10.6 Å². The number of amides is 2. The number of hydrogen-bond acceptors (Lipinski definition) is 3. The van der Waals surface area contributed by atoms with E-state index in [4.69, 9.17) is 0 Å². The number of carbonyl (C=O) groups excluding carboxylic acids is 1. The van der Waals surface area contributed by atoms with Gasteiger partial charge >= 0.3 is 12.0 Å². The molecule has 1 aromatic rings. The summed E-state index contributed by atoms with van der Waals surface area (Å²) >= 11 is 1.31. The van der Waals surface area contributed by atoms with Gasteiger partial charge in [0.05, 0.1) is 0 Å². The van der Waals surface area contributed by atoms with Gasteiger partial charge in [-0.2, -0.15) is 0 Å². The second-order valence-electron chi connectivity index (χ2n) is 4.77. The number of thiophene rings is 1. The predicted molar refractivity (Wildman–Crippen MR) is 79.9 cm³/mol. The summed E-state index contributed by atoms with van der Waals surface area (Å²) in [5, 5.41) is 16.3. The van der Waals surface area contributed by atoms with Crippen LogP contribution in [-0.4, -0.2) is 23.1 Å². The van der Waals surface area contributed by atoms with E-state index in [2.05, 4.69) is 24.5 Å². The fourth-order valence-electron chi connectivity index (χ4n) is 2.20. The summed E-state index contributed by atoms with van der Waals surface area (Å²) in [5.74, 6) is -0.663. The third-order valence-corrected chi connectivity index (χ3v) is 4.40. The number of aliphatic carboxylic acids is 1. The van der Waals surface area contributed by atoms with Crippen LogP contribution in [0.2, 0.25) is 0 Å². The van der Waals surface area contributed by atoms with Crippen LogP contribution in [0.3, 0.4) is 0 Å². The molecule has 0 spiro atoms. The molecule has 5 nitrogen and oxygen atoms in total. The van der Waals surface area contributed by atoms with Gasteiger partial charge in [-0.1, -0.05) is 32.8 Å². The third kappa shape index (κ3) is 4.52. The lowest BCUT2D eigenvalue weighted by Crippen LogP contribution is -2.46. The Morgan fingerprint density at radius 3 is 2.40 bits per heavy atom. The zero-order valence-corrected chi connectivity index (χ0v) is 12.9. The van der Waals surface area contributed by atoms with Gasteiger partial charge in [-0.15, -0.1) is 11.3 Å². The van der Waals surface area contributed by atoms with E-state index in [0.717, 1.165) is 12.8 Å². The lowest BCUT2D eigenvalue weighted by atomic mass is 9.96. The Labute approximate surface area is 123 Å². The van der Waals surface area contributed by atoms with Crippen molar-refractivity contribution in [3.8, 4) is 0 Å². The van der Waals surface area contributed by atoms with Gasteiger partial charge in [-0.25, -0.2) is 9.59 Å². The smallest absolute Gasteiger partial charge is 0.331 e. The van der Waals surface area contributed by atoms with Crippen molar-refractivity contribution >= 4 is 23.3 Å². The lowest BCUT2D eigenvalue weighted by Gasteiger charge is -2.23. The summed E-state index contributed by atoms with van der Waals surface area (Å²) in [7, 11) is 0. The largest absolute Gasteiger partial charge is 0.479 e. The first-order valence-electron chi connectivity index (χ1n) is 6.82. The lowest BCUT2D eigenvalue weighted by molar-refractivity contribution is -0.139. The van der Waals surface area contributed by atoms with Gasteiger partial charge in [0.2, 0.25) is 0 Å². The summed E-state index contributed by atoms with van der Waals surface area (Å²) in [6, 6.07) is 2.05. The van der Waals surface area contributed by atoms with E-state index in [9.17, 15) is 14.7 Å². The molecule has 1 rings (SSSR count). The normalized spacial score (nSPS) is 13.8. The molecule has 1 aromatic heterocycles.